The number of nitrogens with one attached hydrogen (secondary N) is 1. The number of aromatic amines is 1. The Morgan fingerprint density at radius 1 is 1.56 bits per heavy atom. The van der Waals surface area contributed by atoms with Crippen LogP contribution < -0.4 is 11.4 Å². The second-order valence-corrected chi connectivity index (χ2v) is 4.78. The molecule has 3 N–H and O–H groups in total. The van der Waals surface area contributed by atoms with Crippen LogP contribution in [-0.4, -0.2) is 21.3 Å². The van der Waals surface area contributed by atoms with Gasteiger partial charge >= 0.3 is 5.69 Å². The van der Waals surface area contributed by atoms with E-state index in [2.05, 4.69) is 10.2 Å². The summed E-state index contributed by atoms with van der Waals surface area (Å²) < 4.78 is 15.1. The molecule has 5 nitrogen and oxygen atoms in total. The highest BCUT2D eigenvalue weighted by Gasteiger charge is 2.10. The molecule has 1 heterocycles. The van der Waals surface area contributed by atoms with Crippen molar-refractivity contribution >= 4 is 11.8 Å². The van der Waals surface area contributed by atoms with Crippen molar-refractivity contribution in [3.05, 3.63) is 40.1 Å². The number of aromatic nitrogens is 3. The summed E-state index contributed by atoms with van der Waals surface area (Å²) in [5.74, 6) is -0.332. The first-order valence-corrected chi connectivity index (χ1v) is 6.21. The molecule has 0 spiro atoms. The second kappa shape index (κ2) is 5.36. The quantitative estimate of drug-likeness (QED) is 0.863. The van der Waals surface area contributed by atoms with E-state index >= 15 is 0 Å². The maximum absolute atomic E-state index is 13.8. The molecule has 0 aliphatic heterocycles. The van der Waals surface area contributed by atoms with Crippen LogP contribution >= 0.6 is 11.8 Å². The molecule has 2 aromatic rings. The van der Waals surface area contributed by atoms with Gasteiger partial charge in [-0.3, -0.25) is 4.57 Å². The van der Waals surface area contributed by atoms with E-state index in [0.29, 0.717) is 23.0 Å². The molecule has 0 radical (unpaired) electrons. The molecule has 18 heavy (non-hydrogen) atoms. The average molecular weight is 268 g/mol. The number of benzene rings is 1. The Hall–Kier alpha value is -1.60. The molecule has 96 valence electrons. The normalized spacial score (nSPS) is 10.8. The lowest BCUT2D eigenvalue weighted by Crippen LogP contribution is -2.12. The molecular formula is C11H13FN4OS. The van der Waals surface area contributed by atoms with Crippen LogP contribution in [0.1, 0.15) is 5.56 Å². The Morgan fingerprint density at radius 2 is 2.33 bits per heavy atom. The highest BCUT2D eigenvalue weighted by Crippen LogP contribution is 2.27. The molecule has 1 aromatic heterocycles. The molecule has 7 heteroatoms. The van der Waals surface area contributed by atoms with Crippen LogP contribution in [0.5, 0.6) is 0 Å². The van der Waals surface area contributed by atoms with Crippen LogP contribution in [0.25, 0.3) is 0 Å². The van der Waals surface area contributed by atoms with Crippen molar-refractivity contribution in [2.75, 3.05) is 6.54 Å². The zero-order valence-electron chi connectivity index (χ0n) is 9.81. The molecule has 1 aromatic carbocycles. The van der Waals surface area contributed by atoms with Crippen molar-refractivity contribution in [1.29, 1.82) is 0 Å². The lowest BCUT2D eigenvalue weighted by Gasteiger charge is -2.04. The van der Waals surface area contributed by atoms with E-state index in [-0.39, 0.29) is 11.5 Å². The van der Waals surface area contributed by atoms with Gasteiger partial charge in [0.25, 0.3) is 0 Å². The van der Waals surface area contributed by atoms with E-state index in [4.69, 9.17) is 5.73 Å². The van der Waals surface area contributed by atoms with Crippen molar-refractivity contribution < 1.29 is 4.39 Å². The molecule has 0 bridgehead atoms. The fourth-order valence-electron chi connectivity index (χ4n) is 1.47. The minimum absolute atomic E-state index is 0.322. The molecule has 0 saturated carbocycles. The fourth-order valence-corrected chi connectivity index (χ4v) is 2.27. The Kier molecular flexibility index (Phi) is 3.83. The fraction of sp³-hybridized carbons (Fsp3) is 0.273. The van der Waals surface area contributed by atoms with Crippen molar-refractivity contribution in [2.45, 2.75) is 16.5 Å². The van der Waals surface area contributed by atoms with Crippen LogP contribution in [0, 0.1) is 5.82 Å². The van der Waals surface area contributed by atoms with Gasteiger partial charge in [0.2, 0.25) is 0 Å². The first kappa shape index (κ1) is 12.8. The smallest absolute Gasteiger partial charge is 0.330 e. The van der Waals surface area contributed by atoms with E-state index in [9.17, 15) is 9.18 Å². The summed E-state index contributed by atoms with van der Waals surface area (Å²) >= 11 is 1.10. The summed E-state index contributed by atoms with van der Waals surface area (Å²) in [4.78, 5) is 11.6. The summed E-state index contributed by atoms with van der Waals surface area (Å²) in [6, 6.07) is 4.95. The summed E-state index contributed by atoms with van der Waals surface area (Å²) in [7, 11) is 1.58. The number of nitrogens with zero attached hydrogens (tertiary/aromatic N) is 2. The van der Waals surface area contributed by atoms with E-state index in [1.165, 1.54) is 10.6 Å². The zero-order chi connectivity index (χ0) is 13.1. The lowest BCUT2D eigenvalue weighted by molar-refractivity contribution is 0.598. The predicted molar refractivity (Wildman–Crippen MR) is 67.1 cm³/mol. The highest BCUT2D eigenvalue weighted by atomic mass is 32.2. The maximum atomic E-state index is 13.8. The van der Waals surface area contributed by atoms with Gasteiger partial charge in [0, 0.05) is 7.05 Å². The first-order valence-electron chi connectivity index (χ1n) is 5.39. The third kappa shape index (κ3) is 2.62. The Bertz CT molecular complexity index is 607. The number of H-pyrrole nitrogens is 1. The topological polar surface area (TPSA) is 76.7 Å². The van der Waals surface area contributed by atoms with Crippen molar-refractivity contribution in [2.24, 2.45) is 12.8 Å². The summed E-state index contributed by atoms with van der Waals surface area (Å²) in [6.45, 7) is 0.486. The van der Waals surface area contributed by atoms with Crippen molar-refractivity contribution in [1.82, 2.24) is 14.8 Å². The molecule has 0 amide bonds. The van der Waals surface area contributed by atoms with E-state index in [0.717, 1.165) is 17.3 Å². The van der Waals surface area contributed by atoms with Gasteiger partial charge in [-0.05, 0) is 42.4 Å². The summed E-state index contributed by atoms with van der Waals surface area (Å²) in [6.07, 6.45) is 0.642. The molecule has 0 aliphatic carbocycles. The number of nitrogens with two attached hydrogens (primary N) is 1. The monoisotopic (exact) mass is 268 g/mol. The number of halogens is 1. The second-order valence-electron chi connectivity index (χ2n) is 3.78. The standard InChI is InChI=1S/C11H13FN4OS/c1-16-10(17)14-15-11(16)18-9-3-2-7(4-5-13)6-8(9)12/h2-3,6H,4-5,13H2,1H3,(H,14,17). The van der Waals surface area contributed by atoms with Gasteiger partial charge in [-0.1, -0.05) is 6.07 Å². The SMILES string of the molecule is Cn1c(Sc2ccc(CCN)cc2F)n[nH]c1=O. The summed E-state index contributed by atoms with van der Waals surface area (Å²) in [5.41, 5.74) is 5.95. The third-order valence-corrected chi connectivity index (χ3v) is 3.57. The molecule has 2 rings (SSSR count). The first-order chi connectivity index (χ1) is 8.61. The Labute approximate surface area is 107 Å². The summed E-state index contributed by atoms with van der Waals surface area (Å²) in [5, 5.41) is 6.54. The minimum Gasteiger partial charge on any atom is -0.330 e. The van der Waals surface area contributed by atoms with Crippen molar-refractivity contribution in [3.63, 3.8) is 0 Å². The lowest BCUT2D eigenvalue weighted by atomic mass is 10.1. The van der Waals surface area contributed by atoms with Crippen LogP contribution in [-0.2, 0) is 13.5 Å². The predicted octanol–water partition coefficient (Wildman–Crippen LogP) is 0.900. The van der Waals surface area contributed by atoms with Gasteiger partial charge < -0.3 is 5.73 Å². The Balaban J connectivity index is 2.24. The van der Waals surface area contributed by atoms with Gasteiger partial charge in [-0.15, -0.1) is 5.10 Å². The molecule has 0 aliphatic rings. The zero-order valence-corrected chi connectivity index (χ0v) is 10.6. The minimum atomic E-state index is -0.332. The van der Waals surface area contributed by atoms with Crippen LogP contribution in [0.2, 0.25) is 0 Å². The number of hydrogen-bond donors (Lipinski definition) is 2. The molecule has 0 saturated heterocycles. The van der Waals surface area contributed by atoms with E-state index < -0.39 is 0 Å². The van der Waals surface area contributed by atoms with Crippen LogP contribution in [0.15, 0.2) is 33.0 Å². The van der Waals surface area contributed by atoms with Gasteiger partial charge in [0.1, 0.15) is 5.82 Å². The molecule has 0 fully saturated rings. The van der Waals surface area contributed by atoms with E-state index in [1.54, 1.807) is 13.1 Å². The third-order valence-electron chi connectivity index (χ3n) is 2.47. The van der Waals surface area contributed by atoms with E-state index in [1.807, 2.05) is 6.07 Å². The highest BCUT2D eigenvalue weighted by molar-refractivity contribution is 7.99. The largest absolute Gasteiger partial charge is 0.343 e. The molecular weight excluding hydrogens is 255 g/mol. The van der Waals surface area contributed by atoms with Crippen LogP contribution in [0.4, 0.5) is 4.39 Å². The van der Waals surface area contributed by atoms with Gasteiger partial charge in [0.05, 0.1) is 4.90 Å². The maximum Gasteiger partial charge on any atom is 0.343 e. The van der Waals surface area contributed by atoms with Crippen LogP contribution in [0.3, 0.4) is 0 Å². The number of hydrogen-bond acceptors (Lipinski definition) is 4. The molecule has 0 atom stereocenters. The van der Waals surface area contributed by atoms with Crippen molar-refractivity contribution in [3.8, 4) is 0 Å². The van der Waals surface area contributed by atoms with Gasteiger partial charge in [-0.25, -0.2) is 14.3 Å². The number of rotatable bonds is 4. The Morgan fingerprint density at radius 3 is 2.89 bits per heavy atom. The molecule has 0 unspecified atom stereocenters. The van der Waals surface area contributed by atoms with Gasteiger partial charge in [0.15, 0.2) is 5.16 Å². The average Bonchev–Trinajstić information content (AvgIpc) is 2.65. The van der Waals surface area contributed by atoms with Gasteiger partial charge in [-0.2, -0.15) is 0 Å².